The lowest BCUT2D eigenvalue weighted by Gasteiger charge is -2.26. The van der Waals surface area contributed by atoms with Crippen LogP contribution in [0.4, 0.5) is 5.69 Å². The predicted molar refractivity (Wildman–Crippen MR) is 107 cm³/mol. The van der Waals surface area contributed by atoms with Crippen molar-refractivity contribution in [1.82, 2.24) is 4.98 Å². The molecule has 0 spiro atoms. The molecule has 0 unspecified atom stereocenters. The van der Waals surface area contributed by atoms with Gasteiger partial charge in [-0.2, -0.15) is 0 Å². The van der Waals surface area contributed by atoms with Crippen molar-refractivity contribution in [3.63, 3.8) is 0 Å². The quantitative estimate of drug-likeness (QED) is 0.579. The van der Waals surface area contributed by atoms with Gasteiger partial charge in [0.05, 0.1) is 12.2 Å². The zero-order valence-corrected chi connectivity index (χ0v) is 15.1. The van der Waals surface area contributed by atoms with Crippen LogP contribution >= 0.6 is 11.6 Å². The fourth-order valence-corrected chi connectivity index (χ4v) is 3.42. The summed E-state index contributed by atoms with van der Waals surface area (Å²) in [5, 5.41) is 0.656. The molecule has 0 saturated heterocycles. The Bertz CT molecular complexity index is 1010. The van der Waals surface area contributed by atoms with Gasteiger partial charge < -0.3 is 4.90 Å². The van der Waals surface area contributed by atoms with Crippen molar-refractivity contribution >= 4 is 35.3 Å². The number of aromatic nitrogens is 1. The topological polar surface area (TPSA) is 33.2 Å². The summed E-state index contributed by atoms with van der Waals surface area (Å²) in [4.78, 5) is 18.1. The summed E-state index contributed by atoms with van der Waals surface area (Å²) in [6, 6.07) is 15.9. The lowest BCUT2D eigenvalue weighted by atomic mass is 9.96. The number of halogens is 1. The molecule has 26 heavy (non-hydrogen) atoms. The van der Waals surface area contributed by atoms with E-state index in [9.17, 15) is 4.79 Å². The summed E-state index contributed by atoms with van der Waals surface area (Å²) < 4.78 is 0. The fraction of sp³-hybridized carbons (Fsp3) is 0.0909. The number of anilines is 1. The number of carbonyl (C=O) groups excluding carboxylic acids is 1. The minimum Gasteiger partial charge on any atom is -0.308 e. The fourth-order valence-electron chi connectivity index (χ4n) is 3.24. The van der Waals surface area contributed by atoms with Gasteiger partial charge in [-0.3, -0.25) is 9.78 Å². The molecule has 0 aliphatic carbocycles. The van der Waals surface area contributed by atoms with Gasteiger partial charge in [0.25, 0.3) is 0 Å². The van der Waals surface area contributed by atoms with Crippen molar-refractivity contribution in [2.24, 2.45) is 0 Å². The van der Waals surface area contributed by atoms with E-state index in [1.807, 2.05) is 36.4 Å². The standard InChI is InChI=1S/C22H17ClN2O/c1-15(26)25-14-20-5-3-17(16-8-10-24-11-9-16)12-18(20)2-4-19-13-21(23)6-7-22(19)25/h2-13H,14H2,1H3. The molecule has 1 aliphatic heterocycles. The first-order chi connectivity index (χ1) is 12.6. The molecule has 0 N–H and O–H groups in total. The Kier molecular flexibility index (Phi) is 4.31. The van der Waals surface area contributed by atoms with Crippen LogP contribution in [0.3, 0.4) is 0 Å². The highest BCUT2D eigenvalue weighted by Crippen LogP contribution is 2.32. The number of benzene rings is 2. The number of pyridine rings is 1. The van der Waals surface area contributed by atoms with Gasteiger partial charge in [0.15, 0.2) is 0 Å². The molecule has 4 rings (SSSR count). The second-order valence-electron chi connectivity index (χ2n) is 6.29. The van der Waals surface area contributed by atoms with E-state index in [4.69, 9.17) is 11.6 Å². The van der Waals surface area contributed by atoms with Crippen LogP contribution in [0.2, 0.25) is 5.02 Å². The van der Waals surface area contributed by atoms with Crippen molar-refractivity contribution in [3.05, 3.63) is 82.6 Å². The third-order valence-electron chi connectivity index (χ3n) is 4.59. The third kappa shape index (κ3) is 3.14. The van der Waals surface area contributed by atoms with Gasteiger partial charge in [-0.15, -0.1) is 0 Å². The van der Waals surface area contributed by atoms with Crippen LogP contribution < -0.4 is 4.90 Å². The summed E-state index contributed by atoms with van der Waals surface area (Å²) in [7, 11) is 0. The van der Waals surface area contributed by atoms with Crippen LogP contribution in [-0.2, 0) is 11.3 Å². The minimum atomic E-state index is 0.00744. The second-order valence-corrected chi connectivity index (χ2v) is 6.73. The van der Waals surface area contributed by atoms with Crippen molar-refractivity contribution in [2.45, 2.75) is 13.5 Å². The van der Waals surface area contributed by atoms with E-state index < -0.39 is 0 Å². The van der Waals surface area contributed by atoms with Gasteiger partial charge in [-0.1, -0.05) is 35.9 Å². The minimum absolute atomic E-state index is 0.00744. The maximum atomic E-state index is 12.3. The summed E-state index contributed by atoms with van der Waals surface area (Å²) in [5.41, 5.74) is 6.25. The van der Waals surface area contributed by atoms with Gasteiger partial charge >= 0.3 is 0 Å². The van der Waals surface area contributed by atoms with Crippen LogP contribution in [0.15, 0.2) is 60.9 Å². The summed E-state index contributed by atoms with van der Waals surface area (Å²) in [5.74, 6) is 0.00744. The number of hydrogen-bond donors (Lipinski definition) is 0. The summed E-state index contributed by atoms with van der Waals surface area (Å²) in [6.07, 6.45) is 7.69. The first kappa shape index (κ1) is 16.6. The van der Waals surface area contributed by atoms with E-state index in [2.05, 4.69) is 29.3 Å². The molecule has 0 bridgehead atoms. The number of amides is 1. The first-order valence-corrected chi connectivity index (χ1v) is 8.79. The molecular formula is C22H17ClN2O. The Balaban J connectivity index is 1.85. The number of carbonyl (C=O) groups is 1. The SMILES string of the molecule is CC(=O)N1Cc2ccc(-c3ccncc3)cc2C=Cc2cc(Cl)ccc21. The van der Waals surface area contributed by atoms with Gasteiger partial charge in [0.2, 0.25) is 5.91 Å². The van der Waals surface area contributed by atoms with E-state index in [1.54, 1.807) is 24.2 Å². The highest BCUT2D eigenvalue weighted by molar-refractivity contribution is 6.30. The molecule has 0 radical (unpaired) electrons. The molecule has 2 heterocycles. The predicted octanol–water partition coefficient (Wildman–Crippen LogP) is 5.44. The normalized spacial score (nSPS) is 12.8. The molecular weight excluding hydrogens is 344 g/mol. The van der Waals surface area contributed by atoms with Crippen LogP contribution in [0.5, 0.6) is 0 Å². The second kappa shape index (κ2) is 6.77. The number of hydrogen-bond acceptors (Lipinski definition) is 2. The van der Waals surface area contributed by atoms with E-state index in [-0.39, 0.29) is 5.91 Å². The van der Waals surface area contributed by atoms with Crippen molar-refractivity contribution < 1.29 is 4.79 Å². The van der Waals surface area contributed by atoms with E-state index >= 15 is 0 Å². The Morgan fingerprint density at radius 2 is 1.73 bits per heavy atom. The number of nitrogens with zero attached hydrogens (tertiary/aromatic N) is 2. The smallest absolute Gasteiger partial charge is 0.224 e. The van der Waals surface area contributed by atoms with Crippen molar-refractivity contribution in [3.8, 4) is 11.1 Å². The Labute approximate surface area is 157 Å². The molecule has 4 heteroatoms. The van der Waals surface area contributed by atoms with E-state index in [0.29, 0.717) is 11.6 Å². The van der Waals surface area contributed by atoms with Gasteiger partial charge in [-0.25, -0.2) is 0 Å². The molecule has 3 aromatic rings. The van der Waals surface area contributed by atoms with Gasteiger partial charge in [0.1, 0.15) is 0 Å². The lowest BCUT2D eigenvalue weighted by molar-refractivity contribution is -0.116. The molecule has 0 atom stereocenters. The largest absolute Gasteiger partial charge is 0.308 e. The number of fused-ring (bicyclic) bond motifs is 2. The monoisotopic (exact) mass is 360 g/mol. The number of rotatable bonds is 1. The molecule has 128 valence electrons. The zero-order chi connectivity index (χ0) is 18.1. The average molecular weight is 361 g/mol. The van der Waals surface area contributed by atoms with Gasteiger partial charge in [-0.05, 0) is 64.2 Å². The lowest BCUT2D eigenvalue weighted by Crippen LogP contribution is -2.29. The molecule has 1 amide bonds. The Morgan fingerprint density at radius 1 is 0.962 bits per heavy atom. The summed E-state index contributed by atoms with van der Waals surface area (Å²) in [6.45, 7) is 2.12. The molecule has 1 aliphatic rings. The van der Waals surface area contributed by atoms with Gasteiger partial charge in [0, 0.05) is 24.3 Å². The molecule has 2 aromatic carbocycles. The maximum Gasteiger partial charge on any atom is 0.224 e. The van der Waals surface area contributed by atoms with E-state index in [1.165, 1.54) is 0 Å². The van der Waals surface area contributed by atoms with Crippen LogP contribution in [0, 0.1) is 0 Å². The molecule has 3 nitrogen and oxygen atoms in total. The van der Waals surface area contributed by atoms with E-state index in [0.717, 1.165) is 33.5 Å². The molecule has 0 saturated carbocycles. The van der Waals surface area contributed by atoms with Crippen LogP contribution in [-0.4, -0.2) is 10.9 Å². The highest BCUT2D eigenvalue weighted by Gasteiger charge is 2.19. The van der Waals surface area contributed by atoms with Crippen molar-refractivity contribution in [1.29, 1.82) is 0 Å². The van der Waals surface area contributed by atoms with Crippen molar-refractivity contribution in [2.75, 3.05) is 4.90 Å². The highest BCUT2D eigenvalue weighted by atomic mass is 35.5. The average Bonchev–Trinajstić information content (AvgIpc) is 2.64. The zero-order valence-electron chi connectivity index (χ0n) is 14.3. The Morgan fingerprint density at radius 3 is 2.50 bits per heavy atom. The third-order valence-corrected chi connectivity index (χ3v) is 4.83. The molecule has 1 aromatic heterocycles. The molecule has 0 fully saturated rings. The maximum absolute atomic E-state index is 12.3. The first-order valence-electron chi connectivity index (χ1n) is 8.41. The van der Waals surface area contributed by atoms with Crippen LogP contribution in [0.25, 0.3) is 23.3 Å². The summed E-state index contributed by atoms with van der Waals surface area (Å²) >= 11 is 6.16. The van der Waals surface area contributed by atoms with Crippen LogP contribution in [0.1, 0.15) is 23.6 Å². The Hall–Kier alpha value is -2.91.